The summed E-state index contributed by atoms with van der Waals surface area (Å²) in [6.45, 7) is 6.54. The number of hydrogen-bond acceptors (Lipinski definition) is 2. The molecule has 1 aromatic carbocycles. The number of piperidine rings is 1. The van der Waals surface area contributed by atoms with Gasteiger partial charge in [-0.1, -0.05) is 30.7 Å². The van der Waals surface area contributed by atoms with Crippen molar-refractivity contribution in [3.8, 4) is 0 Å². The van der Waals surface area contributed by atoms with E-state index in [1.165, 1.54) is 30.4 Å². The minimum absolute atomic E-state index is 0.720. The normalized spacial score (nSPS) is 25.3. The van der Waals surface area contributed by atoms with Crippen LogP contribution in [0.1, 0.15) is 44.2 Å². The van der Waals surface area contributed by atoms with Crippen LogP contribution in [0.15, 0.2) is 24.3 Å². The van der Waals surface area contributed by atoms with Crippen LogP contribution in [0.5, 0.6) is 0 Å². The van der Waals surface area contributed by atoms with Crippen molar-refractivity contribution in [1.82, 2.24) is 4.90 Å². The lowest BCUT2D eigenvalue weighted by atomic mass is 9.96. The second-order valence-corrected chi connectivity index (χ2v) is 5.66. The van der Waals surface area contributed by atoms with E-state index in [0.29, 0.717) is 0 Å². The van der Waals surface area contributed by atoms with Gasteiger partial charge in [0.2, 0.25) is 0 Å². The van der Waals surface area contributed by atoms with Crippen molar-refractivity contribution >= 4 is 0 Å². The Labute approximate surface area is 111 Å². The first-order valence-electron chi connectivity index (χ1n) is 7.24. The molecule has 0 aliphatic carbocycles. The fourth-order valence-electron chi connectivity index (χ4n) is 2.98. The van der Waals surface area contributed by atoms with E-state index in [1.807, 2.05) is 0 Å². The highest BCUT2D eigenvalue weighted by Gasteiger charge is 2.24. The highest BCUT2D eigenvalue weighted by atomic mass is 15.2. The van der Waals surface area contributed by atoms with E-state index in [-0.39, 0.29) is 0 Å². The van der Waals surface area contributed by atoms with Crippen molar-refractivity contribution in [2.45, 2.75) is 58.2 Å². The minimum atomic E-state index is 0.720. The molecular weight excluding hydrogens is 220 g/mol. The largest absolute Gasteiger partial charge is 0.330 e. The van der Waals surface area contributed by atoms with Gasteiger partial charge >= 0.3 is 0 Å². The Bertz CT molecular complexity index is 348. The van der Waals surface area contributed by atoms with Crippen LogP contribution in [0.2, 0.25) is 0 Å². The molecule has 0 amide bonds. The molecule has 1 aliphatic heterocycles. The second-order valence-electron chi connectivity index (χ2n) is 5.66. The van der Waals surface area contributed by atoms with Gasteiger partial charge < -0.3 is 5.73 Å². The van der Waals surface area contributed by atoms with Gasteiger partial charge in [-0.25, -0.2) is 0 Å². The molecule has 1 saturated heterocycles. The maximum Gasteiger partial charge on any atom is 0.0239 e. The van der Waals surface area contributed by atoms with Crippen LogP contribution < -0.4 is 5.73 Å². The molecular formula is C16H26N2. The Kier molecular flexibility index (Phi) is 4.79. The fourth-order valence-corrected chi connectivity index (χ4v) is 2.98. The van der Waals surface area contributed by atoms with Crippen LogP contribution in [0.4, 0.5) is 0 Å². The zero-order valence-electron chi connectivity index (χ0n) is 11.7. The Balaban J connectivity index is 1.99. The molecule has 1 fully saturated rings. The molecule has 0 radical (unpaired) electrons. The van der Waals surface area contributed by atoms with Gasteiger partial charge in [0.15, 0.2) is 0 Å². The van der Waals surface area contributed by atoms with E-state index in [4.69, 9.17) is 5.73 Å². The average Bonchev–Trinajstić information content (AvgIpc) is 2.36. The number of rotatable bonds is 4. The Morgan fingerprint density at radius 1 is 1.06 bits per heavy atom. The van der Waals surface area contributed by atoms with Crippen molar-refractivity contribution in [1.29, 1.82) is 0 Å². The second kappa shape index (κ2) is 6.35. The Hall–Kier alpha value is -0.860. The molecule has 1 heterocycles. The van der Waals surface area contributed by atoms with Crippen LogP contribution in [0.3, 0.4) is 0 Å². The van der Waals surface area contributed by atoms with Gasteiger partial charge in [-0.2, -0.15) is 0 Å². The molecule has 1 aliphatic rings. The number of hydrogen-bond donors (Lipinski definition) is 1. The highest BCUT2D eigenvalue weighted by Crippen LogP contribution is 2.24. The van der Waals surface area contributed by atoms with E-state index in [0.717, 1.165) is 31.6 Å². The maximum atomic E-state index is 5.58. The third kappa shape index (κ3) is 3.33. The lowest BCUT2D eigenvalue weighted by Crippen LogP contribution is -2.42. The topological polar surface area (TPSA) is 29.3 Å². The van der Waals surface area contributed by atoms with Gasteiger partial charge in [0.1, 0.15) is 0 Å². The predicted octanol–water partition coefficient (Wildman–Crippen LogP) is 2.95. The van der Waals surface area contributed by atoms with Gasteiger partial charge in [0.25, 0.3) is 0 Å². The number of nitrogens with two attached hydrogens (primary N) is 1. The molecule has 0 spiro atoms. The SMILES string of the molecule is C[C@@H]1CCC[C@H](C)N1Cc1ccc(CCN)cc1. The summed E-state index contributed by atoms with van der Waals surface area (Å²) in [5.74, 6) is 0. The molecule has 100 valence electrons. The first-order valence-corrected chi connectivity index (χ1v) is 7.24. The average molecular weight is 246 g/mol. The molecule has 2 rings (SSSR count). The Morgan fingerprint density at radius 3 is 2.17 bits per heavy atom. The third-order valence-electron chi connectivity index (χ3n) is 4.20. The number of likely N-dealkylation sites (tertiary alicyclic amines) is 1. The maximum absolute atomic E-state index is 5.58. The van der Waals surface area contributed by atoms with E-state index >= 15 is 0 Å². The van der Waals surface area contributed by atoms with E-state index in [1.54, 1.807) is 0 Å². The van der Waals surface area contributed by atoms with Crippen LogP contribution in [0.25, 0.3) is 0 Å². The summed E-state index contributed by atoms with van der Waals surface area (Å²) < 4.78 is 0. The van der Waals surface area contributed by atoms with Crippen LogP contribution in [-0.4, -0.2) is 23.5 Å². The highest BCUT2D eigenvalue weighted by molar-refractivity contribution is 5.23. The summed E-state index contributed by atoms with van der Waals surface area (Å²) >= 11 is 0. The summed E-state index contributed by atoms with van der Waals surface area (Å²) in [5, 5.41) is 0. The van der Waals surface area contributed by atoms with Crippen molar-refractivity contribution in [3.63, 3.8) is 0 Å². The van der Waals surface area contributed by atoms with Crippen molar-refractivity contribution < 1.29 is 0 Å². The molecule has 0 saturated carbocycles. The van der Waals surface area contributed by atoms with Crippen molar-refractivity contribution in [2.75, 3.05) is 6.54 Å². The van der Waals surface area contributed by atoms with Crippen LogP contribution in [-0.2, 0) is 13.0 Å². The first kappa shape index (κ1) is 13.6. The van der Waals surface area contributed by atoms with E-state index in [2.05, 4.69) is 43.0 Å². The van der Waals surface area contributed by atoms with Gasteiger partial charge in [-0.15, -0.1) is 0 Å². The quantitative estimate of drug-likeness (QED) is 0.885. The van der Waals surface area contributed by atoms with Gasteiger partial charge in [-0.3, -0.25) is 4.90 Å². The molecule has 0 aromatic heterocycles. The molecule has 2 atom stereocenters. The molecule has 0 bridgehead atoms. The summed E-state index contributed by atoms with van der Waals surface area (Å²) in [5.41, 5.74) is 8.35. The van der Waals surface area contributed by atoms with Gasteiger partial charge in [-0.05, 0) is 50.8 Å². The smallest absolute Gasteiger partial charge is 0.0239 e. The minimum Gasteiger partial charge on any atom is -0.330 e. The zero-order chi connectivity index (χ0) is 13.0. The third-order valence-corrected chi connectivity index (χ3v) is 4.20. The standard InChI is InChI=1S/C16H26N2/c1-13-4-3-5-14(2)18(13)12-16-8-6-15(7-9-16)10-11-17/h6-9,13-14H,3-5,10-12,17H2,1-2H3/t13-,14+. The van der Waals surface area contributed by atoms with E-state index in [9.17, 15) is 0 Å². The molecule has 2 N–H and O–H groups in total. The molecule has 2 heteroatoms. The van der Waals surface area contributed by atoms with Gasteiger partial charge in [0, 0.05) is 18.6 Å². The van der Waals surface area contributed by atoms with Gasteiger partial charge in [0.05, 0.1) is 0 Å². The summed E-state index contributed by atoms with van der Waals surface area (Å²) in [4.78, 5) is 2.64. The van der Waals surface area contributed by atoms with E-state index < -0.39 is 0 Å². The molecule has 18 heavy (non-hydrogen) atoms. The predicted molar refractivity (Wildman–Crippen MR) is 77.5 cm³/mol. The van der Waals surface area contributed by atoms with Crippen LogP contribution in [0, 0.1) is 0 Å². The van der Waals surface area contributed by atoms with Crippen molar-refractivity contribution in [2.24, 2.45) is 5.73 Å². The fraction of sp³-hybridized carbons (Fsp3) is 0.625. The molecule has 2 nitrogen and oxygen atoms in total. The summed E-state index contributed by atoms with van der Waals surface area (Å²) in [6.07, 6.45) is 5.05. The molecule has 0 unspecified atom stereocenters. The lowest BCUT2D eigenvalue weighted by molar-refractivity contribution is 0.0953. The first-order chi connectivity index (χ1) is 8.70. The number of nitrogens with zero attached hydrogens (tertiary/aromatic N) is 1. The summed E-state index contributed by atoms with van der Waals surface area (Å²) in [7, 11) is 0. The Morgan fingerprint density at radius 2 is 1.61 bits per heavy atom. The number of benzene rings is 1. The zero-order valence-corrected chi connectivity index (χ0v) is 11.7. The lowest BCUT2D eigenvalue weighted by Gasteiger charge is -2.39. The summed E-state index contributed by atoms with van der Waals surface area (Å²) in [6, 6.07) is 10.4. The van der Waals surface area contributed by atoms with Crippen LogP contribution >= 0.6 is 0 Å². The van der Waals surface area contributed by atoms with Crippen molar-refractivity contribution in [3.05, 3.63) is 35.4 Å². The monoisotopic (exact) mass is 246 g/mol. The molecule has 1 aromatic rings.